The van der Waals surface area contributed by atoms with Crippen LogP contribution in [0.4, 0.5) is 0 Å². The van der Waals surface area contributed by atoms with E-state index in [0.717, 1.165) is 30.2 Å². The van der Waals surface area contributed by atoms with Gasteiger partial charge in [0, 0.05) is 24.8 Å². The van der Waals surface area contributed by atoms with E-state index in [-0.39, 0.29) is 18.4 Å². The monoisotopic (exact) mass is 369 g/mol. The Morgan fingerprint density at radius 3 is 2.92 bits per heavy atom. The van der Waals surface area contributed by atoms with E-state index in [4.69, 9.17) is 9.47 Å². The molecule has 0 aromatic heterocycles. The van der Waals surface area contributed by atoms with E-state index in [2.05, 4.69) is 21.7 Å². The molecule has 1 aliphatic rings. The van der Waals surface area contributed by atoms with Crippen molar-refractivity contribution in [3.8, 4) is 5.75 Å². The third-order valence-corrected chi connectivity index (χ3v) is 4.63. The molecule has 1 aliphatic heterocycles. The summed E-state index contributed by atoms with van der Waals surface area (Å²) in [6.07, 6.45) is 2.07. The predicted molar refractivity (Wildman–Crippen MR) is 98.9 cm³/mol. The highest BCUT2D eigenvalue weighted by Gasteiger charge is 2.21. The molecule has 0 amide bonds. The standard InChI is InChI=1S/C17H27N3O4S/c1-3-18-17(19-9-11-23-12-13-25(2,21)22)20-15-8-10-24-16-7-5-4-6-14(15)16/h4-7,15H,3,8-13H2,1-2H3,(H2,18,19,20). The number of benzene rings is 1. The number of nitrogens with one attached hydrogen (secondary N) is 2. The molecular weight excluding hydrogens is 342 g/mol. The van der Waals surface area contributed by atoms with Crippen LogP contribution in [-0.4, -0.2) is 59.3 Å². The lowest BCUT2D eigenvalue weighted by Crippen LogP contribution is -2.41. The van der Waals surface area contributed by atoms with Crippen LogP contribution in [0.3, 0.4) is 0 Å². The molecule has 7 nitrogen and oxygen atoms in total. The van der Waals surface area contributed by atoms with Gasteiger partial charge in [0.1, 0.15) is 15.6 Å². The molecule has 0 saturated carbocycles. The van der Waals surface area contributed by atoms with Crippen LogP contribution in [0.5, 0.6) is 5.75 Å². The fourth-order valence-corrected chi connectivity index (χ4v) is 2.93. The Morgan fingerprint density at radius 1 is 1.36 bits per heavy atom. The molecule has 0 spiro atoms. The van der Waals surface area contributed by atoms with Crippen LogP contribution < -0.4 is 15.4 Å². The number of sulfone groups is 1. The number of rotatable bonds is 8. The molecule has 25 heavy (non-hydrogen) atoms. The van der Waals surface area contributed by atoms with Crippen LogP contribution in [0, 0.1) is 0 Å². The fraction of sp³-hybridized carbons (Fsp3) is 0.588. The topological polar surface area (TPSA) is 89.0 Å². The van der Waals surface area contributed by atoms with Gasteiger partial charge in [-0.3, -0.25) is 4.99 Å². The summed E-state index contributed by atoms with van der Waals surface area (Å²) < 4.78 is 33.1. The number of para-hydroxylation sites is 1. The lowest BCUT2D eigenvalue weighted by Gasteiger charge is -2.28. The van der Waals surface area contributed by atoms with Gasteiger partial charge in [-0.2, -0.15) is 0 Å². The first-order valence-corrected chi connectivity index (χ1v) is 10.6. The third kappa shape index (κ3) is 6.91. The van der Waals surface area contributed by atoms with E-state index in [1.54, 1.807) is 0 Å². The molecule has 140 valence electrons. The van der Waals surface area contributed by atoms with E-state index in [1.807, 2.05) is 25.1 Å². The number of nitrogens with zero attached hydrogens (tertiary/aromatic N) is 1. The van der Waals surface area contributed by atoms with E-state index >= 15 is 0 Å². The molecule has 0 bridgehead atoms. The van der Waals surface area contributed by atoms with Crippen molar-refractivity contribution >= 4 is 15.8 Å². The van der Waals surface area contributed by atoms with Gasteiger partial charge < -0.3 is 20.1 Å². The van der Waals surface area contributed by atoms with Gasteiger partial charge in [-0.25, -0.2) is 8.42 Å². The maximum absolute atomic E-state index is 11.0. The zero-order chi connectivity index (χ0) is 18.1. The van der Waals surface area contributed by atoms with Gasteiger partial charge >= 0.3 is 0 Å². The van der Waals surface area contributed by atoms with Gasteiger partial charge in [0.2, 0.25) is 0 Å². The maximum Gasteiger partial charge on any atom is 0.191 e. The number of hydrogen-bond acceptors (Lipinski definition) is 5. The Morgan fingerprint density at radius 2 is 2.16 bits per heavy atom. The average molecular weight is 369 g/mol. The lowest BCUT2D eigenvalue weighted by molar-refractivity contribution is 0.157. The SMILES string of the molecule is CCNC(=NCCOCCS(C)(=O)=O)NC1CCOc2ccccc21. The summed E-state index contributed by atoms with van der Waals surface area (Å²) in [5.41, 5.74) is 1.13. The molecule has 8 heteroatoms. The predicted octanol–water partition coefficient (Wildman–Crippen LogP) is 1.13. The fourth-order valence-electron chi connectivity index (χ4n) is 2.51. The zero-order valence-electron chi connectivity index (χ0n) is 14.8. The van der Waals surface area contributed by atoms with Crippen molar-refractivity contribution in [2.75, 3.05) is 44.9 Å². The average Bonchev–Trinajstić information content (AvgIpc) is 2.57. The van der Waals surface area contributed by atoms with Gasteiger partial charge in [0.05, 0.1) is 38.2 Å². The quantitative estimate of drug-likeness (QED) is 0.406. The molecular formula is C17H27N3O4S. The minimum Gasteiger partial charge on any atom is -0.493 e. The van der Waals surface area contributed by atoms with Crippen molar-refractivity contribution in [2.24, 2.45) is 4.99 Å². The zero-order valence-corrected chi connectivity index (χ0v) is 15.6. The molecule has 0 aliphatic carbocycles. The number of guanidine groups is 1. The molecule has 2 N–H and O–H groups in total. The van der Waals surface area contributed by atoms with Crippen molar-refractivity contribution in [1.82, 2.24) is 10.6 Å². The summed E-state index contributed by atoms with van der Waals surface area (Å²) in [7, 11) is -2.98. The van der Waals surface area contributed by atoms with Gasteiger partial charge in [-0.05, 0) is 13.0 Å². The normalized spacial score (nSPS) is 17.5. The smallest absolute Gasteiger partial charge is 0.191 e. The Hall–Kier alpha value is -1.80. The first kappa shape index (κ1) is 19.5. The summed E-state index contributed by atoms with van der Waals surface area (Å²) in [5.74, 6) is 1.66. The Kier molecular flexibility index (Phi) is 7.52. The van der Waals surface area contributed by atoms with Gasteiger partial charge in [-0.15, -0.1) is 0 Å². The van der Waals surface area contributed by atoms with Crippen molar-refractivity contribution in [2.45, 2.75) is 19.4 Å². The first-order valence-electron chi connectivity index (χ1n) is 8.51. The highest BCUT2D eigenvalue weighted by Crippen LogP contribution is 2.31. The van der Waals surface area contributed by atoms with Crippen LogP contribution in [-0.2, 0) is 14.6 Å². The third-order valence-electron chi connectivity index (χ3n) is 3.72. The number of fused-ring (bicyclic) bond motifs is 1. The molecule has 0 saturated heterocycles. The molecule has 1 atom stereocenters. The van der Waals surface area contributed by atoms with Crippen LogP contribution in [0.1, 0.15) is 24.9 Å². The summed E-state index contributed by atoms with van der Waals surface area (Å²) in [4.78, 5) is 4.49. The number of aliphatic imine (C=N–C) groups is 1. The van der Waals surface area contributed by atoms with Crippen molar-refractivity contribution in [1.29, 1.82) is 0 Å². The molecule has 1 unspecified atom stereocenters. The van der Waals surface area contributed by atoms with Crippen molar-refractivity contribution in [3.63, 3.8) is 0 Å². The second kappa shape index (κ2) is 9.62. The Bertz CT molecular complexity index is 676. The second-order valence-electron chi connectivity index (χ2n) is 5.87. The Balaban J connectivity index is 1.86. The summed E-state index contributed by atoms with van der Waals surface area (Å²) >= 11 is 0. The van der Waals surface area contributed by atoms with Crippen LogP contribution >= 0.6 is 0 Å². The van der Waals surface area contributed by atoms with Gasteiger partial charge in [-0.1, -0.05) is 18.2 Å². The van der Waals surface area contributed by atoms with E-state index in [9.17, 15) is 8.42 Å². The Labute approximate surface area is 149 Å². The molecule has 0 fully saturated rings. The highest BCUT2D eigenvalue weighted by atomic mass is 32.2. The van der Waals surface area contributed by atoms with E-state index < -0.39 is 9.84 Å². The minimum atomic E-state index is -2.98. The summed E-state index contributed by atoms with van der Waals surface area (Å²) in [5, 5.41) is 6.66. The summed E-state index contributed by atoms with van der Waals surface area (Å²) in [6, 6.07) is 8.15. The molecule has 1 aromatic carbocycles. The van der Waals surface area contributed by atoms with Crippen molar-refractivity contribution < 1.29 is 17.9 Å². The molecule has 0 radical (unpaired) electrons. The van der Waals surface area contributed by atoms with Gasteiger partial charge in [0.15, 0.2) is 5.96 Å². The molecule has 1 aromatic rings. The van der Waals surface area contributed by atoms with Crippen LogP contribution in [0.25, 0.3) is 0 Å². The molecule has 2 rings (SSSR count). The highest BCUT2D eigenvalue weighted by molar-refractivity contribution is 7.90. The van der Waals surface area contributed by atoms with Gasteiger partial charge in [0.25, 0.3) is 0 Å². The molecule has 1 heterocycles. The number of ether oxygens (including phenoxy) is 2. The first-order chi connectivity index (χ1) is 12.0. The van der Waals surface area contributed by atoms with E-state index in [0.29, 0.717) is 19.8 Å². The maximum atomic E-state index is 11.0. The number of hydrogen-bond donors (Lipinski definition) is 2. The summed E-state index contributed by atoms with van der Waals surface area (Å²) in [6.45, 7) is 4.48. The van der Waals surface area contributed by atoms with E-state index in [1.165, 1.54) is 6.26 Å². The largest absolute Gasteiger partial charge is 0.493 e. The minimum absolute atomic E-state index is 0.0356. The second-order valence-corrected chi connectivity index (χ2v) is 8.13. The van der Waals surface area contributed by atoms with Crippen LogP contribution in [0.2, 0.25) is 0 Å². The lowest BCUT2D eigenvalue weighted by atomic mass is 10.0. The van der Waals surface area contributed by atoms with Crippen molar-refractivity contribution in [3.05, 3.63) is 29.8 Å². The van der Waals surface area contributed by atoms with Crippen LogP contribution in [0.15, 0.2) is 29.3 Å².